The van der Waals surface area contributed by atoms with Crippen molar-refractivity contribution < 1.29 is 9.22 Å². The summed E-state index contributed by atoms with van der Waals surface area (Å²) in [5.74, 6) is 1.85. The first-order chi connectivity index (χ1) is 7.35. The Balaban J connectivity index is 2.52. The van der Waals surface area contributed by atoms with Crippen molar-refractivity contribution in [2.45, 2.75) is 52.8 Å². The Morgan fingerprint density at radius 2 is 2.00 bits per heavy atom. The van der Waals surface area contributed by atoms with Crippen LogP contribution in [-0.2, 0) is 9.22 Å². The number of ketones is 1. The van der Waals surface area contributed by atoms with Gasteiger partial charge in [-0.2, -0.15) is 0 Å². The number of carbonyl (C=O) groups excluding carboxylic acids is 1. The average Bonchev–Trinajstić information content (AvgIpc) is 2.16. The smallest absolute Gasteiger partial charge is 0.183 e. The number of hydrogen-bond acceptors (Lipinski definition) is 2. The van der Waals surface area contributed by atoms with Gasteiger partial charge in [0, 0.05) is 18.9 Å². The number of carbonyl (C=O) groups is 1. The zero-order chi connectivity index (χ0) is 12.3. The molecule has 3 atom stereocenters. The van der Waals surface area contributed by atoms with Crippen molar-refractivity contribution in [2.75, 3.05) is 6.61 Å². The van der Waals surface area contributed by atoms with E-state index in [1.165, 1.54) is 0 Å². The molecule has 1 rings (SSSR count). The first-order valence-corrected chi connectivity index (χ1v) is 9.92. The van der Waals surface area contributed by atoms with E-state index in [1.54, 1.807) is 0 Å². The molecule has 2 nitrogen and oxygen atoms in total. The molecule has 0 N–H and O–H groups in total. The third kappa shape index (κ3) is 3.70. The first-order valence-electron chi connectivity index (χ1n) is 6.52. The van der Waals surface area contributed by atoms with Gasteiger partial charge in [-0.3, -0.25) is 4.79 Å². The summed E-state index contributed by atoms with van der Waals surface area (Å²) in [6, 6.07) is 0. The van der Waals surface area contributed by atoms with Crippen molar-refractivity contribution in [1.82, 2.24) is 0 Å². The van der Waals surface area contributed by atoms with E-state index in [4.69, 9.17) is 4.43 Å². The lowest BCUT2D eigenvalue weighted by atomic mass is 9.71. The Hall–Kier alpha value is -0.153. The van der Waals surface area contributed by atoms with Crippen LogP contribution in [0.15, 0.2) is 0 Å². The maximum Gasteiger partial charge on any atom is 0.183 e. The third-order valence-electron chi connectivity index (χ3n) is 3.72. The molecule has 1 aliphatic carbocycles. The summed E-state index contributed by atoms with van der Waals surface area (Å²) in [6.07, 6.45) is 2.78. The van der Waals surface area contributed by atoms with E-state index in [2.05, 4.69) is 33.5 Å². The highest BCUT2D eigenvalue weighted by Gasteiger charge is 2.35. The predicted molar refractivity (Wildman–Crippen MR) is 70.0 cm³/mol. The summed E-state index contributed by atoms with van der Waals surface area (Å²) in [6.45, 7) is 11.9. The van der Waals surface area contributed by atoms with Crippen LogP contribution in [0.1, 0.15) is 33.1 Å². The van der Waals surface area contributed by atoms with Crippen molar-refractivity contribution in [3.05, 3.63) is 0 Å². The highest BCUT2D eigenvalue weighted by Crippen LogP contribution is 2.34. The fraction of sp³-hybridized carbons (Fsp3) is 0.923. The Kier molecular flexibility index (Phi) is 4.74. The molecule has 0 radical (unpaired) electrons. The lowest BCUT2D eigenvalue weighted by Gasteiger charge is -2.35. The van der Waals surface area contributed by atoms with Crippen molar-refractivity contribution in [2.24, 2.45) is 17.8 Å². The minimum atomic E-state index is -1.40. The second-order valence-electron chi connectivity index (χ2n) is 6.06. The van der Waals surface area contributed by atoms with Crippen molar-refractivity contribution in [1.29, 1.82) is 0 Å². The monoisotopic (exact) mass is 242 g/mol. The van der Waals surface area contributed by atoms with Gasteiger partial charge in [-0.05, 0) is 44.3 Å². The highest BCUT2D eigenvalue weighted by molar-refractivity contribution is 6.69. The summed E-state index contributed by atoms with van der Waals surface area (Å²) < 4.78 is 5.99. The maximum absolute atomic E-state index is 11.8. The molecule has 94 valence electrons. The van der Waals surface area contributed by atoms with E-state index >= 15 is 0 Å². The summed E-state index contributed by atoms with van der Waals surface area (Å²) in [5, 5.41) is 0. The van der Waals surface area contributed by atoms with Crippen LogP contribution in [0.3, 0.4) is 0 Å². The molecule has 0 aliphatic heterocycles. The highest BCUT2D eigenvalue weighted by atomic mass is 28.4. The first kappa shape index (κ1) is 13.9. The van der Waals surface area contributed by atoms with E-state index < -0.39 is 8.32 Å². The lowest BCUT2D eigenvalue weighted by molar-refractivity contribution is -0.128. The molecule has 0 amide bonds. The number of Topliss-reactive ketones (excluding diaryl/α,β-unsaturated/α-hetero) is 1. The van der Waals surface area contributed by atoms with Crippen LogP contribution in [-0.4, -0.2) is 20.7 Å². The molecule has 0 spiro atoms. The van der Waals surface area contributed by atoms with Crippen molar-refractivity contribution >= 4 is 14.1 Å². The normalized spacial score (nSPS) is 31.8. The molecular formula is C13H26O2Si. The summed E-state index contributed by atoms with van der Waals surface area (Å²) in [4.78, 5) is 11.8. The largest absolute Gasteiger partial charge is 0.417 e. The van der Waals surface area contributed by atoms with Crippen LogP contribution in [0.2, 0.25) is 19.6 Å². The summed E-state index contributed by atoms with van der Waals surface area (Å²) >= 11 is 0. The molecular weight excluding hydrogens is 216 g/mol. The van der Waals surface area contributed by atoms with Gasteiger partial charge < -0.3 is 4.43 Å². The molecule has 3 heteroatoms. The molecule has 1 aliphatic rings. The Morgan fingerprint density at radius 1 is 1.38 bits per heavy atom. The van der Waals surface area contributed by atoms with Crippen LogP contribution in [0.25, 0.3) is 0 Å². The zero-order valence-corrected chi connectivity index (χ0v) is 12.4. The van der Waals surface area contributed by atoms with Crippen molar-refractivity contribution in [3.63, 3.8) is 0 Å². The molecule has 0 saturated heterocycles. The van der Waals surface area contributed by atoms with Gasteiger partial charge in [0.15, 0.2) is 8.32 Å². The van der Waals surface area contributed by atoms with Crippen LogP contribution in [0, 0.1) is 17.8 Å². The maximum atomic E-state index is 11.8. The minimum absolute atomic E-state index is 0.281. The van der Waals surface area contributed by atoms with Gasteiger partial charge in [0.25, 0.3) is 0 Å². The van der Waals surface area contributed by atoms with Gasteiger partial charge in [0.05, 0.1) is 0 Å². The van der Waals surface area contributed by atoms with Gasteiger partial charge in [-0.15, -0.1) is 0 Å². The van der Waals surface area contributed by atoms with E-state index in [9.17, 15) is 4.79 Å². The molecule has 16 heavy (non-hydrogen) atoms. The molecule has 0 heterocycles. The van der Waals surface area contributed by atoms with E-state index in [0.717, 1.165) is 25.9 Å². The van der Waals surface area contributed by atoms with Crippen LogP contribution in [0.4, 0.5) is 0 Å². The lowest BCUT2D eigenvalue weighted by Crippen LogP contribution is -2.38. The summed E-state index contributed by atoms with van der Waals surface area (Å²) in [5.41, 5.74) is 0. The zero-order valence-electron chi connectivity index (χ0n) is 11.4. The van der Waals surface area contributed by atoms with Crippen LogP contribution >= 0.6 is 0 Å². The van der Waals surface area contributed by atoms with E-state index in [1.807, 2.05) is 0 Å². The van der Waals surface area contributed by atoms with Crippen LogP contribution < -0.4 is 0 Å². The molecule has 1 saturated carbocycles. The molecule has 3 unspecified atom stereocenters. The van der Waals surface area contributed by atoms with Gasteiger partial charge in [0.2, 0.25) is 0 Å². The second kappa shape index (κ2) is 5.45. The average molecular weight is 242 g/mol. The predicted octanol–water partition coefficient (Wildman–Crippen LogP) is 3.48. The third-order valence-corrected chi connectivity index (χ3v) is 4.76. The number of hydrogen-bond donors (Lipinski definition) is 0. The Labute approximate surface area is 101 Å². The quantitative estimate of drug-likeness (QED) is 0.706. The fourth-order valence-corrected chi connectivity index (χ4v) is 3.30. The SMILES string of the molecule is CCC1C(=O)CCC(CO[Si](C)(C)C)C1C. The molecule has 0 aromatic rings. The van der Waals surface area contributed by atoms with E-state index in [-0.39, 0.29) is 5.92 Å². The molecule has 0 bridgehead atoms. The molecule has 1 fully saturated rings. The second-order valence-corrected chi connectivity index (χ2v) is 10.6. The van der Waals surface area contributed by atoms with Gasteiger partial charge in [-0.25, -0.2) is 0 Å². The molecule has 0 aromatic heterocycles. The number of rotatable bonds is 4. The van der Waals surface area contributed by atoms with Gasteiger partial charge in [-0.1, -0.05) is 13.8 Å². The van der Waals surface area contributed by atoms with Gasteiger partial charge >= 0.3 is 0 Å². The van der Waals surface area contributed by atoms with Crippen molar-refractivity contribution in [3.8, 4) is 0 Å². The Morgan fingerprint density at radius 3 is 2.50 bits per heavy atom. The Bertz CT molecular complexity index is 245. The van der Waals surface area contributed by atoms with Crippen LogP contribution in [0.5, 0.6) is 0 Å². The fourth-order valence-electron chi connectivity index (χ4n) is 2.59. The standard InChI is InChI=1S/C13H26O2Si/c1-6-12-10(2)11(7-8-13(12)14)9-15-16(3,4)5/h10-12H,6-9H2,1-5H3. The minimum Gasteiger partial charge on any atom is -0.417 e. The van der Waals surface area contributed by atoms with Gasteiger partial charge in [0.1, 0.15) is 5.78 Å². The molecule has 0 aromatic carbocycles. The topological polar surface area (TPSA) is 26.3 Å². The van der Waals surface area contributed by atoms with E-state index in [0.29, 0.717) is 17.6 Å². The summed E-state index contributed by atoms with van der Waals surface area (Å²) in [7, 11) is -1.40.